The Kier molecular flexibility index (Phi) is 4.62. The highest BCUT2D eigenvalue weighted by Gasteiger charge is 2.12. The van der Waals surface area contributed by atoms with Gasteiger partial charge >= 0.3 is 0 Å². The zero-order valence-corrected chi connectivity index (χ0v) is 19.8. The van der Waals surface area contributed by atoms with Crippen molar-refractivity contribution in [3.05, 3.63) is 132 Å². The van der Waals surface area contributed by atoms with Crippen molar-refractivity contribution >= 4 is 54.7 Å². The average molecular weight is 465 g/mol. The van der Waals surface area contributed by atoms with Gasteiger partial charge in [-0.15, -0.1) is 0 Å². The zero-order chi connectivity index (χ0) is 23.4. The van der Waals surface area contributed by atoms with Crippen molar-refractivity contribution in [3.63, 3.8) is 0 Å². The van der Waals surface area contributed by atoms with Gasteiger partial charge in [0.25, 0.3) is 0 Å². The minimum atomic E-state index is 0.744. The summed E-state index contributed by atoms with van der Waals surface area (Å²) in [6.45, 7) is 0. The van der Waals surface area contributed by atoms with Gasteiger partial charge in [-0.2, -0.15) is 0 Å². The fourth-order valence-corrected chi connectivity index (χ4v) is 5.53. The molecule has 0 atom stereocenters. The van der Waals surface area contributed by atoms with Crippen LogP contribution in [0.5, 0.6) is 0 Å². The van der Waals surface area contributed by atoms with Crippen molar-refractivity contribution in [3.8, 4) is 22.3 Å². The van der Waals surface area contributed by atoms with Gasteiger partial charge in [-0.3, -0.25) is 0 Å². The van der Waals surface area contributed by atoms with Crippen LogP contribution < -0.4 is 0 Å². The molecule has 35 heavy (non-hydrogen) atoms. The number of benzene rings is 7. The van der Waals surface area contributed by atoms with Gasteiger partial charge in [-0.25, -0.2) is 0 Å². The third-order valence-electron chi connectivity index (χ3n) is 7.10. The lowest BCUT2D eigenvalue weighted by Gasteiger charge is -2.14. The predicted molar refractivity (Wildman–Crippen MR) is 152 cm³/mol. The fraction of sp³-hybridized carbons (Fsp3) is 0. The summed E-state index contributed by atoms with van der Waals surface area (Å²) in [5.74, 6) is 0. The maximum atomic E-state index is 6.52. The summed E-state index contributed by atoms with van der Waals surface area (Å²) in [4.78, 5) is 0. The lowest BCUT2D eigenvalue weighted by molar-refractivity contribution is 1.61. The first-order valence-electron chi connectivity index (χ1n) is 11.9. The van der Waals surface area contributed by atoms with Crippen LogP contribution in [0.3, 0.4) is 0 Å². The van der Waals surface area contributed by atoms with Crippen molar-refractivity contribution in [2.45, 2.75) is 0 Å². The summed E-state index contributed by atoms with van der Waals surface area (Å²) in [7, 11) is 0. The number of hydrogen-bond acceptors (Lipinski definition) is 0. The molecule has 0 N–H and O–H groups in total. The van der Waals surface area contributed by atoms with Crippen molar-refractivity contribution in [2.75, 3.05) is 0 Å². The SMILES string of the molecule is Clc1ccc(-c2ccc3ccc4ccccc4c3c2)c(-c2ccc3c(ccc4ccccc43)c2)c1. The Balaban J connectivity index is 1.45. The molecule has 7 aromatic carbocycles. The maximum Gasteiger partial charge on any atom is 0.0412 e. The van der Waals surface area contributed by atoms with E-state index in [-0.39, 0.29) is 0 Å². The molecule has 0 aliphatic heterocycles. The molecule has 0 aliphatic rings. The summed E-state index contributed by atoms with van der Waals surface area (Å²) < 4.78 is 0. The molecule has 7 rings (SSSR count). The summed E-state index contributed by atoms with van der Waals surface area (Å²) in [6.07, 6.45) is 0. The smallest absolute Gasteiger partial charge is 0.0412 e. The number of rotatable bonds is 2. The zero-order valence-electron chi connectivity index (χ0n) is 19.0. The molecule has 0 heterocycles. The van der Waals surface area contributed by atoms with Crippen LogP contribution in [0.2, 0.25) is 5.02 Å². The minimum absolute atomic E-state index is 0.744. The molecule has 0 unspecified atom stereocenters. The van der Waals surface area contributed by atoms with E-state index in [1.807, 2.05) is 6.07 Å². The highest BCUT2D eigenvalue weighted by Crippen LogP contribution is 2.38. The second-order valence-electron chi connectivity index (χ2n) is 9.14. The van der Waals surface area contributed by atoms with E-state index in [2.05, 4.69) is 121 Å². The maximum absolute atomic E-state index is 6.52. The van der Waals surface area contributed by atoms with Gasteiger partial charge in [0.2, 0.25) is 0 Å². The Morgan fingerprint density at radius 3 is 1.66 bits per heavy atom. The molecule has 0 fully saturated rings. The van der Waals surface area contributed by atoms with Gasteiger partial charge < -0.3 is 0 Å². The van der Waals surface area contributed by atoms with E-state index < -0.39 is 0 Å². The van der Waals surface area contributed by atoms with E-state index in [0.29, 0.717) is 0 Å². The van der Waals surface area contributed by atoms with E-state index >= 15 is 0 Å². The normalized spacial score (nSPS) is 11.6. The van der Waals surface area contributed by atoms with Crippen molar-refractivity contribution in [1.82, 2.24) is 0 Å². The molecule has 0 saturated carbocycles. The van der Waals surface area contributed by atoms with Crippen LogP contribution >= 0.6 is 11.6 Å². The molecule has 0 radical (unpaired) electrons. The third-order valence-corrected chi connectivity index (χ3v) is 7.33. The highest BCUT2D eigenvalue weighted by molar-refractivity contribution is 6.31. The van der Waals surface area contributed by atoms with Crippen LogP contribution in [0.25, 0.3) is 65.3 Å². The fourth-order valence-electron chi connectivity index (χ4n) is 5.36. The van der Waals surface area contributed by atoms with Crippen LogP contribution in [0.15, 0.2) is 127 Å². The van der Waals surface area contributed by atoms with Crippen molar-refractivity contribution < 1.29 is 0 Å². The van der Waals surface area contributed by atoms with Gasteiger partial charge in [0.1, 0.15) is 0 Å². The molecule has 0 nitrogen and oxygen atoms in total. The van der Waals surface area contributed by atoms with E-state index in [1.54, 1.807) is 0 Å². The van der Waals surface area contributed by atoms with Crippen molar-refractivity contribution in [1.29, 1.82) is 0 Å². The Hall–Kier alpha value is -4.13. The summed E-state index contributed by atoms with van der Waals surface area (Å²) in [5.41, 5.74) is 4.69. The Morgan fingerprint density at radius 2 is 0.886 bits per heavy atom. The lowest BCUT2D eigenvalue weighted by Crippen LogP contribution is -1.88. The molecule has 0 aromatic heterocycles. The topological polar surface area (TPSA) is 0 Å². The van der Waals surface area contributed by atoms with E-state index in [0.717, 1.165) is 10.6 Å². The minimum Gasteiger partial charge on any atom is -0.0843 e. The monoisotopic (exact) mass is 464 g/mol. The van der Waals surface area contributed by atoms with Crippen LogP contribution in [-0.2, 0) is 0 Å². The van der Waals surface area contributed by atoms with Gasteiger partial charge in [0.05, 0.1) is 0 Å². The Bertz CT molecular complexity index is 1910. The second-order valence-corrected chi connectivity index (χ2v) is 9.57. The lowest BCUT2D eigenvalue weighted by atomic mass is 9.91. The first kappa shape index (κ1) is 20.3. The third kappa shape index (κ3) is 3.38. The standard InChI is InChI=1S/C34H21Cl/c35-28-16-18-32(27-14-12-24-10-9-23-6-2-4-8-30(23)33(24)20-27)34(21-28)26-15-17-31-25(19-26)13-11-22-5-1-3-7-29(22)31/h1-21H. The van der Waals surface area contributed by atoms with E-state index in [1.165, 1.54) is 59.8 Å². The molecule has 0 saturated heterocycles. The summed E-state index contributed by atoms with van der Waals surface area (Å²) in [5, 5.41) is 10.9. The Morgan fingerprint density at radius 1 is 0.343 bits per heavy atom. The molecule has 0 amide bonds. The first-order valence-corrected chi connectivity index (χ1v) is 12.3. The quantitative estimate of drug-likeness (QED) is 0.223. The van der Waals surface area contributed by atoms with Crippen LogP contribution in [0.4, 0.5) is 0 Å². The molecule has 0 spiro atoms. The van der Waals surface area contributed by atoms with Gasteiger partial charge in [0.15, 0.2) is 0 Å². The molecular formula is C34H21Cl. The van der Waals surface area contributed by atoms with Crippen LogP contribution in [0, 0.1) is 0 Å². The van der Waals surface area contributed by atoms with Gasteiger partial charge in [0, 0.05) is 5.02 Å². The predicted octanol–water partition coefficient (Wildman–Crippen LogP) is 10.3. The number of halogens is 1. The van der Waals surface area contributed by atoms with Crippen LogP contribution in [-0.4, -0.2) is 0 Å². The second kappa shape index (κ2) is 7.98. The molecule has 7 aromatic rings. The molecular weight excluding hydrogens is 444 g/mol. The summed E-state index contributed by atoms with van der Waals surface area (Å²) >= 11 is 6.52. The molecule has 164 valence electrons. The Labute approximate surface area is 209 Å². The molecule has 0 bridgehead atoms. The number of fused-ring (bicyclic) bond motifs is 6. The highest BCUT2D eigenvalue weighted by atomic mass is 35.5. The van der Waals surface area contributed by atoms with Crippen LogP contribution in [0.1, 0.15) is 0 Å². The summed E-state index contributed by atoms with van der Waals surface area (Å²) in [6, 6.07) is 45.7. The molecule has 1 heteroatoms. The van der Waals surface area contributed by atoms with E-state index in [4.69, 9.17) is 11.6 Å². The first-order chi connectivity index (χ1) is 17.2. The average Bonchev–Trinajstić information content (AvgIpc) is 2.92. The van der Waals surface area contributed by atoms with Gasteiger partial charge in [-0.05, 0) is 89.6 Å². The number of hydrogen-bond donors (Lipinski definition) is 0. The largest absolute Gasteiger partial charge is 0.0843 e. The van der Waals surface area contributed by atoms with E-state index in [9.17, 15) is 0 Å². The molecule has 0 aliphatic carbocycles. The van der Waals surface area contributed by atoms with Gasteiger partial charge in [-0.1, -0.05) is 115 Å². The van der Waals surface area contributed by atoms with Crippen molar-refractivity contribution in [2.24, 2.45) is 0 Å².